The zero-order valence-electron chi connectivity index (χ0n) is 50.5. The molecule has 0 aromatic carbocycles. The SMILES string of the molecule is CCCCC/C=C\C/C=C\CCCCCCCC(=O)OCCCCCCCCCCCCCC/C=C\CCCCCCCCCCCCCCCCC(=O)NC(CO)C(O)CCCCCCCCCCCCCCC. The molecule has 0 heterocycles. The molecule has 3 N–H and O–H groups in total. The average molecular weight is 1050 g/mol. The van der Waals surface area contributed by atoms with Crippen LogP contribution in [-0.4, -0.2) is 47.4 Å². The molecular weight excluding hydrogens is 923 g/mol. The van der Waals surface area contributed by atoms with E-state index in [9.17, 15) is 19.8 Å². The van der Waals surface area contributed by atoms with Crippen LogP contribution in [0.25, 0.3) is 0 Å². The normalized spacial score (nSPS) is 12.7. The molecule has 0 aliphatic heterocycles. The van der Waals surface area contributed by atoms with Crippen molar-refractivity contribution in [3.05, 3.63) is 36.5 Å². The lowest BCUT2D eigenvalue weighted by atomic mass is 10.0. The lowest BCUT2D eigenvalue weighted by molar-refractivity contribution is -0.143. The molecule has 75 heavy (non-hydrogen) atoms. The molecule has 2 unspecified atom stereocenters. The molecular formula is C69H131NO5. The third-order valence-electron chi connectivity index (χ3n) is 15.7. The smallest absolute Gasteiger partial charge is 0.305 e. The lowest BCUT2D eigenvalue weighted by Crippen LogP contribution is -2.45. The molecule has 0 spiro atoms. The Kier molecular flexibility index (Phi) is 63.0. The largest absolute Gasteiger partial charge is 0.466 e. The Balaban J connectivity index is 3.36. The summed E-state index contributed by atoms with van der Waals surface area (Å²) in [6, 6.07) is -0.540. The number of hydrogen-bond donors (Lipinski definition) is 3. The van der Waals surface area contributed by atoms with E-state index in [0.29, 0.717) is 25.9 Å². The van der Waals surface area contributed by atoms with E-state index in [2.05, 4.69) is 55.6 Å². The fraction of sp³-hybridized carbons (Fsp3) is 0.884. The van der Waals surface area contributed by atoms with Crippen molar-refractivity contribution in [3.63, 3.8) is 0 Å². The molecule has 0 radical (unpaired) electrons. The Morgan fingerprint density at radius 1 is 0.373 bits per heavy atom. The van der Waals surface area contributed by atoms with Crippen LogP contribution >= 0.6 is 0 Å². The zero-order chi connectivity index (χ0) is 54.3. The van der Waals surface area contributed by atoms with Gasteiger partial charge in [-0.2, -0.15) is 0 Å². The number of carbonyl (C=O) groups is 2. The van der Waals surface area contributed by atoms with Crippen molar-refractivity contribution in [2.45, 2.75) is 379 Å². The van der Waals surface area contributed by atoms with Gasteiger partial charge in [-0.3, -0.25) is 9.59 Å². The Morgan fingerprint density at radius 2 is 0.667 bits per heavy atom. The van der Waals surface area contributed by atoms with Crippen molar-refractivity contribution < 1.29 is 24.5 Å². The number of unbranched alkanes of at least 4 members (excludes halogenated alkanes) is 46. The highest BCUT2D eigenvalue weighted by Gasteiger charge is 2.20. The summed E-state index contributed by atoms with van der Waals surface area (Å²) in [5.74, 6) is -0.0290. The van der Waals surface area contributed by atoms with Gasteiger partial charge in [0.1, 0.15) is 0 Å². The fourth-order valence-corrected chi connectivity index (χ4v) is 10.5. The maximum Gasteiger partial charge on any atom is 0.305 e. The molecule has 6 heteroatoms. The van der Waals surface area contributed by atoms with Gasteiger partial charge in [0.25, 0.3) is 0 Å². The second-order valence-corrected chi connectivity index (χ2v) is 23.1. The number of aliphatic hydroxyl groups is 2. The van der Waals surface area contributed by atoms with Crippen molar-refractivity contribution in [1.29, 1.82) is 0 Å². The first-order chi connectivity index (χ1) is 37.0. The number of carbonyl (C=O) groups excluding carboxylic acids is 2. The predicted molar refractivity (Wildman–Crippen MR) is 329 cm³/mol. The molecule has 0 saturated carbocycles. The van der Waals surface area contributed by atoms with Gasteiger partial charge >= 0.3 is 5.97 Å². The summed E-state index contributed by atoms with van der Waals surface area (Å²) in [7, 11) is 0. The molecule has 0 aliphatic carbocycles. The van der Waals surface area contributed by atoms with Gasteiger partial charge in [0.2, 0.25) is 5.91 Å². The van der Waals surface area contributed by atoms with Crippen LogP contribution < -0.4 is 5.32 Å². The summed E-state index contributed by atoms with van der Waals surface area (Å²) in [6.45, 7) is 4.94. The van der Waals surface area contributed by atoms with E-state index in [0.717, 1.165) is 51.4 Å². The highest BCUT2D eigenvalue weighted by molar-refractivity contribution is 5.76. The summed E-state index contributed by atoms with van der Waals surface area (Å²) in [5.41, 5.74) is 0. The standard InChI is InChI=1S/C69H131NO5/c1-3-5-7-9-11-13-15-17-34-39-43-47-51-55-59-63-69(74)75-64-60-56-52-48-44-40-36-33-31-29-27-25-23-21-19-18-20-22-24-26-28-30-32-35-38-42-46-50-54-58-62-68(73)70-66(65-71)67(72)61-57-53-49-45-41-37-16-14-12-10-8-6-4-2/h11,13,17,19,21,34,66-67,71-72H,3-10,12,14-16,18,20,22-33,35-65H2,1-2H3,(H,70,73)/b13-11-,21-19-,34-17-. The molecule has 0 aliphatic rings. The van der Waals surface area contributed by atoms with Gasteiger partial charge < -0.3 is 20.3 Å². The van der Waals surface area contributed by atoms with Crippen LogP contribution in [0.1, 0.15) is 367 Å². The second-order valence-electron chi connectivity index (χ2n) is 23.1. The van der Waals surface area contributed by atoms with Gasteiger partial charge in [-0.25, -0.2) is 0 Å². The molecule has 0 rings (SSSR count). The number of amides is 1. The number of ether oxygens (including phenoxy) is 1. The third-order valence-corrected chi connectivity index (χ3v) is 15.7. The van der Waals surface area contributed by atoms with Crippen LogP contribution in [0.2, 0.25) is 0 Å². The molecule has 0 fully saturated rings. The maximum atomic E-state index is 12.5. The number of hydrogen-bond acceptors (Lipinski definition) is 5. The fourth-order valence-electron chi connectivity index (χ4n) is 10.5. The van der Waals surface area contributed by atoms with E-state index in [4.69, 9.17) is 4.74 Å². The Bertz CT molecular complexity index is 1210. The van der Waals surface area contributed by atoms with E-state index in [-0.39, 0.29) is 18.5 Å². The first-order valence-corrected chi connectivity index (χ1v) is 33.7. The first-order valence-electron chi connectivity index (χ1n) is 33.7. The number of rotatable bonds is 63. The van der Waals surface area contributed by atoms with Crippen molar-refractivity contribution in [2.75, 3.05) is 13.2 Å². The lowest BCUT2D eigenvalue weighted by Gasteiger charge is -2.22. The average Bonchev–Trinajstić information content (AvgIpc) is 3.41. The Hall–Kier alpha value is -1.92. The molecule has 0 saturated heterocycles. The number of allylic oxidation sites excluding steroid dienone is 6. The minimum Gasteiger partial charge on any atom is -0.466 e. The minimum atomic E-state index is -0.662. The molecule has 1 amide bonds. The van der Waals surface area contributed by atoms with Crippen molar-refractivity contribution in [1.82, 2.24) is 5.32 Å². The van der Waals surface area contributed by atoms with E-state index < -0.39 is 12.1 Å². The molecule has 6 nitrogen and oxygen atoms in total. The first kappa shape index (κ1) is 73.1. The monoisotopic (exact) mass is 1050 g/mol. The highest BCUT2D eigenvalue weighted by atomic mass is 16.5. The molecule has 2 atom stereocenters. The van der Waals surface area contributed by atoms with Crippen LogP contribution in [0.4, 0.5) is 0 Å². The van der Waals surface area contributed by atoms with Gasteiger partial charge in [-0.15, -0.1) is 0 Å². The van der Waals surface area contributed by atoms with Crippen LogP contribution in [0.3, 0.4) is 0 Å². The summed E-state index contributed by atoms with van der Waals surface area (Å²) < 4.78 is 5.48. The van der Waals surface area contributed by atoms with Gasteiger partial charge in [-0.1, -0.05) is 307 Å². The molecule has 0 aromatic heterocycles. The van der Waals surface area contributed by atoms with Gasteiger partial charge in [-0.05, 0) is 83.5 Å². The number of esters is 1. The molecule has 0 aromatic rings. The van der Waals surface area contributed by atoms with E-state index in [1.165, 1.54) is 283 Å². The van der Waals surface area contributed by atoms with Crippen LogP contribution in [-0.2, 0) is 14.3 Å². The second kappa shape index (κ2) is 64.6. The van der Waals surface area contributed by atoms with Crippen molar-refractivity contribution in [2.24, 2.45) is 0 Å². The highest BCUT2D eigenvalue weighted by Crippen LogP contribution is 2.18. The van der Waals surface area contributed by atoms with Gasteiger partial charge in [0.15, 0.2) is 0 Å². The number of aliphatic hydroxyl groups excluding tert-OH is 2. The van der Waals surface area contributed by atoms with E-state index >= 15 is 0 Å². The zero-order valence-corrected chi connectivity index (χ0v) is 50.5. The summed E-state index contributed by atoms with van der Waals surface area (Å²) >= 11 is 0. The summed E-state index contributed by atoms with van der Waals surface area (Å²) in [5, 5.41) is 23.3. The van der Waals surface area contributed by atoms with Crippen molar-refractivity contribution >= 4 is 11.9 Å². The van der Waals surface area contributed by atoms with E-state index in [1.807, 2.05) is 0 Å². The number of nitrogens with one attached hydrogen (secondary N) is 1. The van der Waals surface area contributed by atoms with Crippen molar-refractivity contribution in [3.8, 4) is 0 Å². The van der Waals surface area contributed by atoms with Crippen LogP contribution in [0, 0.1) is 0 Å². The van der Waals surface area contributed by atoms with Crippen LogP contribution in [0.15, 0.2) is 36.5 Å². The maximum absolute atomic E-state index is 12.5. The molecule has 442 valence electrons. The molecule has 0 bridgehead atoms. The van der Waals surface area contributed by atoms with Gasteiger partial charge in [0, 0.05) is 12.8 Å². The predicted octanol–water partition coefficient (Wildman–Crippen LogP) is 21.5. The van der Waals surface area contributed by atoms with E-state index in [1.54, 1.807) is 0 Å². The quantitative estimate of drug-likeness (QED) is 0.0320. The summed E-state index contributed by atoms with van der Waals surface area (Å²) in [4.78, 5) is 24.5. The van der Waals surface area contributed by atoms with Crippen LogP contribution in [0.5, 0.6) is 0 Å². The Morgan fingerprint density at radius 3 is 1.05 bits per heavy atom. The summed E-state index contributed by atoms with van der Waals surface area (Å²) in [6.07, 6.45) is 81.8. The Labute approximate surface area is 468 Å². The van der Waals surface area contributed by atoms with Gasteiger partial charge in [0.05, 0.1) is 25.4 Å². The third kappa shape index (κ3) is 61.2. The minimum absolute atomic E-state index is 0.00322. The topological polar surface area (TPSA) is 95.9 Å².